The van der Waals surface area contributed by atoms with Crippen LogP contribution in [-0.2, 0) is 19.6 Å². The van der Waals surface area contributed by atoms with Gasteiger partial charge in [-0.05, 0) is 6.07 Å². The third-order valence-electron chi connectivity index (χ3n) is 2.35. The zero-order valence-electron chi connectivity index (χ0n) is 9.44. The van der Waals surface area contributed by atoms with Crippen molar-refractivity contribution < 1.29 is 13.2 Å². The first-order valence-electron chi connectivity index (χ1n) is 5.03. The number of nitrogens with zero attached hydrogens (tertiary/aromatic N) is 4. The summed E-state index contributed by atoms with van der Waals surface area (Å²) in [6, 6.07) is 0.880. The highest BCUT2D eigenvalue weighted by Crippen LogP contribution is 2.28. The number of imidazole rings is 1. The molecule has 18 heavy (non-hydrogen) atoms. The summed E-state index contributed by atoms with van der Waals surface area (Å²) in [7, 11) is 1.75. The number of nitrogen functional groups attached to an aromatic ring is 1. The van der Waals surface area contributed by atoms with E-state index in [1.54, 1.807) is 24.0 Å². The molecule has 5 nitrogen and oxygen atoms in total. The summed E-state index contributed by atoms with van der Waals surface area (Å²) in [5.74, 6) is 0.204. The molecule has 0 aromatic carbocycles. The monoisotopic (exact) mass is 257 g/mol. The van der Waals surface area contributed by atoms with Crippen molar-refractivity contribution >= 4 is 5.95 Å². The normalized spacial score (nSPS) is 11.8. The lowest BCUT2D eigenvalue weighted by Crippen LogP contribution is -2.13. The number of anilines is 1. The predicted octanol–water partition coefficient (Wildman–Crippen LogP) is 1.40. The first-order chi connectivity index (χ1) is 8.36. The highest BCUT2D eigenvalue weighted by Gasteiger charge is 2.33. The van der Waals surface area contributed by atoms with Crippen LogP contribution < -0.4 is 5.73 Å². The maximum Gasteiger partial charge on any atom is 0.433 e. The average molecular weight is 257 g/mol. The Morgan fingerprint density at radius 1 is 1.33 bits per heavy atom. The number of aromatic nitrogens is 4. The molecule has 0 spiro atoms. The number of halogens is 3. The Morgan fingerprint density at radius 2 is 2.06 bits per heavy atom. The van der Waals surface area contributed by atoms with Gasteiger partial charge in [0, 0.05) is 25.9 Å². The van der Waals surface area contributed by atoms with Gasteiger partial charge >= 0.3 is 6.18 Å². The molecule has 0 fully saturated rings. The van der Waals surface area contributed by atoms with Gasteiger partial charge in [0.15, 0.2) is 0 Å². The SMILES string of the molecule is Cn1ccnc1Cc1cc(C(F)(F)F)nc(N)n1. The molecule has 0 aliphatic heterocycles. The number of aryl methyl sites for hydroxylation is 1. The lowest BCUT2D eigenvalue weighted by atomic mass is 10.2. The van der Waals surface area contributed by atoms with Gasteiger partial charge in [0.25, 0.3) is 0 Å². The molecule has 0 aliphatic rings. The van der Waals surface area contributed by atoms with Crippen LogP contribution in [0.4, 0.5) is 19.1 Å². The van der Waals surface area contributed by atoms with Crippen LogP contribution in [0.25, 0.3) is 0 Å². The quantitative estimate of drug-likeness (QED) is 0.882. The van der Waals surface area contributed by atoms with Crippen LogP contribution in [0.2, 0.25) is 0 Å². The molecular formula is C10H10F3N5. The van der Waals surface area contributed by atoms with E-state index in [9.17, 15) is 13.2 Å². The van der Waals surface area contributed by atoms with E-state index in [1.807, 2.05) is 0 Å². The van der Waals surface area contributed by atoms with Crippen molar-refractivity contribution in [3.8, 4) is 0 Å². The van der Waals surface area contributed by atoms with Crippen molar-refractivity contribution in [3.05, 3.63) is 35.7 Å². The number of alkyl halides is 3. The highest BCUT2D eigenvalue weighted by molar-refractivity contribution is 5.25. The zero-order chi connectivity index (χ0) is 13.3. The van der Waals surface area contributed by atoms with Crippen LogP contribution in [0.3, 0.4) is 0 Å². The molecule has 0 unspecified atom stereocenters. The molecule has 0 atom stereocenters. The third-order valence-corrected chi connectivity index (χ3v) is 2.35. The molecule has 0 radical (unpaired) electrons. The molecule has 8 heteroatoms. The van der Waals surface area contributed by atoms with E-state index in [-0.39, 0.29) is 12.1 Å². The smallest absolute Gasteiger partial charge is 0.368 e. The minimum Gasteiger partial charge on any atom is -0.368 e. The number of hydrogen-bond acceptors (Lipinski definition) is 4. The molecule has 0 saturated heterocycles. The highest BCUT2D eigenvalue weighted by atomic mass is 19.4. The molecule has 2 N–H and O–H groups in total. The third kappa shape index (κ3) is 2.58. The molecule has 2 heterocycles. The number of hydrogen-bond donors (Lipinski definition) is 1. The van der Waals surface area contributed by atoms with Gasteiger partial charge in [0.2, 0.25) is 5.95 Å². The molecule has 0 amide bonds. The van der Waals surface area contributed by atoms with E-state index in [2.05, 4.69) is 15.0 Å². The van der Waals surface area contributed by atoms with E-state index in [0.29, 0.717) is 5.82 Å². The summed E-state index contributed by atoms with van der Waals surface area (Å²) in [6.45, 7) is 0. The van der Waals surface area contributed by atoms with E-state index >= 15 is 0 Å². The Kier molecular flexibility index (Phi) is 2.93. The van der Waals surface area contributed by atoms with Crippen molar-refractivity contribution in [3.63, 3.8) is 0 Å². The van der Waals surface area contributed by atoms with E-state index in [4.69, 9.17) is 5.73 Å². The van der Waals surface area contributed by atoms with Crippen LogP contribution in [0.15, 0.2) is 18.5 Å². The number of rotatable bonds is 2. The first kappa shape index (κ1) is 12.3. The summed E-state index contributed by atoms with van der Waals surface area (Å²) < 4.78 is 39.3. The van der Waals surface area contributed by atoms with Gasteiger partial charge in [-0.15, -0.1) is 0 Å². The fourth-order valence-corrected chi connectivity index (χ4v) is 1.48. The van der Waals surface area contributed by atoms with Gasteiger partial charge in [0.1, 0.15) is 11.5 Å². The van der Waals surface area contributed by atoms with Gasteiger partial charge in [0.05, 0.1) is 5.69 Å². The number of nitrogens with two attached hydrogens (primary N) is 1. The Morgan fingerprint density at radius 3 is 2.61 bits per heavy atom. The first-order valence-corrected chi connectivity index (χ1v) is 5.03. The standard InChI is InChI=1S/C10H10F3N5/c1-18-3-2-15-8(18)5-6-4-7(10(11,12)13)17-9(14)16-6/h2-4H,5H2,1H3,(H2,14,16,17). The van der Waals surface area contributed by atoms with Crippen LogP contribution in [-0.4, -0.2) is 19.5 Å². The summed E-state index contributed by atoms with van der Waals surface area (Å²) in [5.41, 5.74) is 4.42. The second kappa shape index (κ2) is 4.28. The molecule has 0 aliphatic carbocycles. The van der Waals surface area contributed by atoms with Crippen LogP contribution in [0.5, 0.6) is 0 Å². The zero-order valence-corrected chi connectivity index (χ0v) is 9.44. The van der Waals surface area contributed by atoms with Gasteiger partial charge in [-0.25, -0.2) is 15.0 Å². The lowest BCUT2D eigenvalue weighted by Gasteiger charge is -2.08. The Hall–Kier alpha value is -2.12. The Labute approximate surface area is 100 Å². The topological polar surface area (TPSA) is 69.6 Å². The van der Waals surface area contributed by atoms with Crippen molar-refractivity contribution in [2.24, 2.45) is 7.05 Å². The molecular weight excluding hydrogens is 247 g/mol. The summed E-state index contributed by atoms with van der Waals surface area (Å²) >= 11 is 0. The lowest BCUT2D eigenvalue weighted by molar-refractivity contribution is -0.141. The fourth-order valence-electron chi connectivity index (χ4n) is 1.48. The second-order valence-electron chi connectivity index (χ2n) is 3.73. The van der Waals surface area contributed by atoms with Crippen LogP contribution >= 0.6 is 0 Å². The molecule has 2 aromatic rings. The molecule has 0 bridgehead atoms. The van der Waals surface area contributed by atoms with Crippen molar-refractivity contribution in [2.75, 3.05) is 5.73 Å². The van der Waals surface area contributed by atoms with Crippen molar-refractivity contribution in [2.45, 2.75) is 12.6 Å². The van der Waals surface area contributed by atoms with Crippen molar-refractivity contribution in [1.82, 2.24) is 19.5 Å². The maximum atomic E-state index is 12.5. The van der Waals surface area contributed by atoms with Crippen LogP contribution in [0.1, 0.15) is 17.2 Å². The Balaban J connectivity index is 2.35. The summed E-state index contributed by atoms with van der Waals surface area (Å²) in [4.78, 5) is 11.0. The molecule has 96 valence electrons. The molecule has 0 saturated carbocycles. The van der Waals surface area contributed by atoms with Gasteiger partial charge in [-0.3, -0.25) is 0 Å². The predicted molar refractivity (Wildman–Crippen MR) is 57.5 cm³/mol. The summed E-state index contributed by atoms with van der Waals surface area (Å²) in [6.07, 6.45) is -1.11. The maximum absolute atomic E-state index is 12.5. The van der Waals surface area contributed by atoms with E-state index in [0.717, 1.165) is 6.07 Å². The van der Waals surface area contributed by atoms with Crippen LogP contribution in [0, 0.1) is 0 Å². The minimum atomic E-state index is -4.53. The molecule has 2 aromatic heterocycles. The van der Waals surface area contributed by atoms with Gasteiger partial charge in [-0.2, -0.15) is 13.2 Å². The van der Waals surface area contributed by atoms with Crippen molar-refractivity contribution in [1.29, 1.82) is 0 Å². The van der Waals surface area contributed by atoms with Gasteiger partial charge in [-0.1, -0.05) is 0 Å². The van der Waals surface area contributed by atoms with E-state index in [1.165, 1.54) is 0 Å². The molecule has 2 rings (SSSR count). The summed E-state index contributed by atoms with van der Waals surface area (Å²) in [5, 5.41) is 0. The van der Waals surface area contributed by atoms with Gasteiger partial charge < -0.3 is 10.3 Å². The average Bonchev–Trinajstić information content (AvgIpc) is 2.62. The minimum absolute atomic E-state index is 0.166. The fraction of sp³-hybridized carbons (Fsp3) is 0.300. The second-order valence-corrected chi connectivity index (χ2v) is 3.73. The largest absolute Gasteiger partial charge is 0.433 e. The van der Waals surface area contributed by atoms with E-state index < -0.39 is 17.8 Å². The Bertz CT molecular complexity index is 561.